The lowest BCUT2D eigenvalue weighted by Crippen LogP contribution is -2.27. The monoisotopic (exact) mass is 291 g/mol. The number of rotatable bonds is 3. The van der Waals surface area contributed by atoms with Crippen molar-refractivity contribution in [2.75, 3.05) is 12.4 Å². The zero-order valence-corrected chi connectivity index (χ0v) is 13.0. The molecule has 21 heavy (non-hydrogen) atoms. The molecule has 0 aliphatic heterocycles. The maximum absolute atomic E-state index is 11.7. The number of benzene rings is 1. The van der Waals surface area contributed by atoms with Crippen LogP contribution in [0.4, 0.5) is 10.5 Å². The minimum atomic E-state index is -0.539. The Hall–Kier alpha value is -2.30. The smallest absolute Gasteiger partial charge is 0.412 e. The van der Waals surface area contributed by atoms with Crippen LogP contribution in [0.5, 0.6) is 0 Å². The molecule has 5 heteroatoms. The van der Waals surface area contributed by atoms with E-state index in [2.05, 4.69) is 10.1 Å². The van der Waals surface area contributed by atoms with Crippen LogP contribution in [0.15, 0.2) is 24.3 Å². The van der Waals surface area contributed by atoms with Crippen molar-refractivity contribution >= 4 is 23.8 Å². The predicted molar refractivity (Wildman–Crippen MR) is 82.1 cm³/mol. The van der Waals surface area contributed by atoms with Gasteiger partial charge in [-0.2, -0.15) is 0 Å². The summed E-state index contributed by atoms with van der Waals surface area (Å²) in [6, 6.07) is 5.36. The van der Waals surface area contributed by atoms with Gasteiger partial charge in [-0.15, -0.1) is 0 Å². The molecule has 0 saturated heterocycles. The first-order chi connectivity index (χ1) is 9.71. The highest BCUT2D eigenvalue weighted by atomic mass is 16.6. The van der Waals surface area contributed by atoms with E-state index < -0.39 is 17.7 Å². The Labute approximate surface area is 124 Å². The van der Waals surface area contributed by atoms with Crippen molar-refractivity contribution in [3.63, 3.8) is 0 Å². The van der Waals surface area contributed by atoms with Gasteiger partial charge in [-0.1, -0.05) is 6.07 Å². The van der Waals surface area contributed by atoms with E-state index in [-0.39, 0.29) is 0 Å². The number of anilines is 1. The second-order valence-electron chi connectivity index (χ2n) is 5.55. The molecule has 5 nitrogen and oxygen atoms in total. The number of hydrogen-bond donors (Lipinski definition) is 1. The summed E-state index contributed by atoms with van der Waals surface area (Å²) in [6.07, 6.45) is 2.52. The summed E-state index contributed by atoms with van der Waals surface area (Å²) in [6.45, 7) is 7.30. The maximum atomic E-state index is 11.7. The minimum absolute atomic E-state index is 0.412. The van der Waals surface area contributed by atoms with E-state index in [1.807, 2.05) is 13.0 Å². The summed E-state index contributed by atoms with van der Waals surface area (Å²) in [5.41, 5.74) is 1.89. The van der Waals surface area contributed by atoms with Gasteiger partial charge in [0.1, 0.15) is 5.60 Å². The molecule has 0 spiro atoms. The molecule has 0 aliphatic carbocycles. The van der Waals surface area contributed by atoms with Gasteiger partial charge in [-0.05, 0) is 57.0 Å². The zero-order valence-electron chi connectivity index (χ0n) is 13.0. The van der Waals surface area contributed by atoms with Crippen molar-refractivity contribution in [3.8, 4) is 0 Å². The second kappa shape index (κ2) is 6.92. The highest BCUT2D eigenvalue weighted by molar-refractivity contribution is 5.88. The van der Waals surface area contributed by atoms with Crippen LogP contribution >= 0.6 is 0 Å². The second-order valence-corrected chi connectivity index (χ2v) is 5.55. The molecule has 0 aromatic heterocycles. The predicted octanol–water partition coefficient (Wildman–Crippen LogP) is 3.53. The van der Waals surface area contributed by atoms with Gasteiger partial charge in [0, 0.05) is 11.8 Å². The first kappa shape index (κ1) is 16.8. The van der Waals surface area contributed by atoms with Gasteiger partial charge in [0.2, 0.25) is 0 Å². The summed E-state index contributed by atoms with van der Waals surface area (Å²) >= 11 is 0. The van der Waals surface area contributed by atoms with Crippen molar-refractivity contribution < 1.29 is 19.1 Å². The van der Waals surface area contributed by atoms with Crippen LogP contribution in [0.1, 0.15) is 31.9 Å². The average Bonchev–Trinajstić information content (AvgIpc) is 2.35. The average molecular weight is 291 g/mol. The van der Waals surface area contributed by atoms with E-state index >= 15 is 0 Å². The number of hydrogen-bond acceptors (Lipinski definition) is 4. The molecular weight excluding hydrogens is 270 g/mol. The fourth-order valence-electron chi connectivity index (χ4n) is 1.59. The summed E-state index contributed by atoms with van der Waals surface area (Å²) in [7, 11) is 1.33. The minimum Gasteiger partial charge on any atom is -0.466 e. The summed E-state index contributed by atoms with van der Waals surface area (Å²) < 4.78 is 9.72. The lowest BCUT2D eigenvalue weighted by atomic mass is 10.1. The topological polar surface area (TPSA) is 64.6 Å². The van der Waals surface area contributed by atoms with Gasteiger partial charge in [-0.3, -0.25) is 5.32 Å². The molecule has 0 saturated carbocycles. The van der Waals surface area contributed by atoms with E-state index in [1.54, 1.807) is 39.0 Å². The first-order valence-electron chi connectivity index (χ1n) is 6.58. The first-order valence-corrected chi connectivity index (χ1v) is 6.58. The van der Waals surface area contributed by atoms with Gasteiger partial charge in [-0.25, -0.2) is 9.59 Å². The molecule has 0 fully saturated rings. The number of ether oxygens (including phenoxy) is 2. The molecule has 1 aromatic carbocycles. The molecule has 0 aliphatic rings. The third kappa shape index (κ3) is 6.12. The van der Waals surface area contributed by atoms with E-state index in [9.17, 15) is 9.59 Å². The van der Waals surface area contributed by atoms with Crippen LogP contribution in [-0.2, 0) is 14.3 Å². The van der Waals surface area contributed by atoms with Crippen LogP contribution in [0, 0.1) is 6.92 Å². The fourth-order valence-corrected chi connectivity index (χ4v) is 1.59. The largest absolute Gasteiger partial charge is 0.466 e. The van der Waals surface area contributed by atoms with Gasteiger partial charge in [0.05, 0.1) is 7.11 Å². The van der Waals surface area contributed by atoms with Gasteiger partial charge in [0.15, 0.2) is 0 Å². The van der Waals surface area contributed by atoms with Crippen LogP contribution < -0.4 is 5.32 Å². The van der Waals surface area contributed by atoms with Crippen molar-refractivity contribution in [1.29, 1.82) is 0 Å². The highest BCUT2D eigenvalue weighted by Crippen LogP contribution is 2.17. The summed E-state index contributed by atoms with van der Waals surface area (Å²) in [5, 5.41) is 2.67. The van der Waals surface area contributed by atoms with Crippen molar-refractivity contribution in [2.45, 2.75) is 33.3 Å². The quantitative estimate of drug-likeness (QED) is 0.683. The number of carbonyl (C=O) groups is 2. The summed E-state index contributed by atoms with van der Waals surface area (Å²) in [4.78, 5) is 22.7. The third-order valence-corrected chi connectivity index (χ3v) is 2.52. The molecule has 1 amide bonds. The van der Waals surface area contributed by atoms with Gasteiger partial charge in [0.25, 0.3) is 0 Å². The van der Waals surface area contributed by atoms with Crippen molar-refractivity contribution in [2.24, 2.45) is 0 Å². The lowest BCUT2D eigenvalue weighted by molar-refractivity contribution is -0.134. The normalized spacial score (nSPS) is 11.3. The molecule has 0 radical (unpaired) electrons. The molecule has 0 atom stereocenters. The molecule has 1 N–H and O–H groups in total. The number of amides is 1. The van der Waals surface area contributed by atoms with Gasteiger partial charge >= 0.3 is 12.1 Å². The molecule has 114 valence electrons. The van der Waals surface area contributed by atoms with Crippen LogP contribution in [-0.4, -0.2) is 24.8 Å². The van der Waals surface area contributed by atoms with Gasteiger partial charge < -0.3 is 9.47 Å². The molecule has 0 bridgehead atoms. The van der Waals surface area contributed by atoms with Crippen molar-refractivity contribution in [3.05, 3.63) is 35.4 Å². The number of aryl methyl sites for hydroxylation is 1. The van der Waals surface area contributed by atoms with Crippen LogP contribution in [0.25, 0.3) is 6.08 Å². The fraction of sp³-hybridized carbons (Fsp3) is 0.375. The van der Waals surface area contributed by atoms with E-state index in [0.29, 0.717) is 5.69 Å². The molecule has 1 rings (SSSR count). The molecule has 0 heterocycles. The lowest BCUT2D eigenvalue weighted by Gasteiger charge is -2.19. The summed E-state index contributed by atoms with van der Waals surface area (Å²) in [5.74, 6) is -0.412. The number of methoxy groups -OCH3 is 1. The third-order valence-electron chi connectivity index (χ3n) is 2.52. The van der Waals surface area contributed by atoms with E-state index in [1.165, 1.54) is 13.2 Å². The Morgan fingerprint density at radius 2 is 1.90 bits per heavy atom. The Bertz CT molecular complexity index is 556. The molecule has 1 aromatic rings. The molecular formula is C16H21NO4. The number of carbonyl (C=O) groups excluding carboxylic acids is 2. The maximum Gasteiger partial charge on any atom is 0.412 e. The van der Waals surface area contributed by atoms with Crippen LogP contribution in [0.2, 0.25) is 0 Å². The zero-order chi connectivity index (χ0) is 16.0. The standard InChI is InChI=1S/C16H21NO4/c1-11-10-13(17-15(19)21-16(2,3)4)8-6-12(11)7-9-14(18)20-5/h6-10H,1-5H3,(H,17,19)/b9-7+. The Morgan fingerprint density at radius 3 is 2.43 bits per heavy atom. The molecule has 0 unspecified atom stereocenters. The van der Waals surface area contributed by atoms with E-state index in [0.717, 1.165) is 11.1 Å². The van der Waals surface area contributed by atoms with E-state index in [4.69, 9.17) is 4.74 Å². The van der Waals surface area contributed by atoms with Crippen LogP contribution in [0.3, 0.4) is 0 Å². The highest BCUT2D eigenvalue weighted by Gasteiger charge is 2.16. The van der Waals surface area contributed by atoms with Crippen molar-refractivity contribution in [1.82, 2.24) is 0 Å². The number of esters is 1. The SMILES string of the molecule is COC(=O)/C=C/c1ccc(NC(=O)OC(C)(C)C)cc1C. The Balaban J connectivity index is 2.76. The Kier molecular flexibility index (Phi) is 5.52. The Morgan fingerprint density at radius 1 is 1.24 bits per heavy atom. The number of nitrogens with one attached hydrogen (secondary N) is 1.